The van der Waals surface area contributed by atoms with Gasteiger partial charge in [-0.15, -0.1) is 10.2 Å². The molecule has 0 aliphatic rings. The predicted molar refractivity (Wildman–Crippen MR) is 93.9 cm³/mol. The molecule has 0 aliphatic heterocycles. The fourth-order valence-electron chi connectivity index (χ4n) is 2.49. The SMILES string of the molecule is COc1ccc(C=Nn2c(C)nnc2-n2nc(C)cc2C)c(OC)c1. The molecule has 0 amide bonds. The lowest BCUT2D eigenvalue weighted by Gasteiger charge is -2.07. The summed E-state index contributed by atoms with van der Waals surface area (Å²) in [5.74, 6) is 2.58. The summed E-state index contributed by atoms with van der Waals surface area (Å²) in [5, 5.41) is 17.3. The van der Waals surface area contributed by atoms with Crippen LogP contribution in [0.3, 0.4) is 0 Å². The molecule has 3 aromatic rings. The lowest BCUT2D eigenvalue weighted by Crippen LogP contribution is -2.08. The molecule has 0 N–H and O–H groups in total. The van der Waals surface area contributed by atoms with Crippen LogP contribution < -0.4 is 9.47 Å². The van der Waals surface area contributed by atoms with E-state index in [4.69, 9.17) is 9.47 Å². The Bertz CT molecular complexity index is 925. The van der Waals surface area contributed by atoms with Gasteiger partial charge in [-0.2, -0.15) is 14.9 Å². The van der Waals surface area contributed by atoms with Crippen LogP contribution in [0.25, 0.3) is 5.95 Å². The molecule has 8 heteroatoms. The molecular weight excluding hydrogens is 320 g/mol. The largest absolute Gasteiger partial charge is 0.497 e. The Morgan fingerprint density at radius 3 is 2.48 bits per heavy atom. The van der Waals surface area contributed by atoms with Crippen LogP contribution in [0.5, 0.6) is 11.5 Å². The predicted octanol–water partition coefficient (Wildman–Crippen LogP) is 2.29. The quantitative estimate of drug-likeness (QED) is 0.666. The molecule has 0 saturated heterocycles. The number of methoxy groups -OCH3 is 2. The van der Waals surface area contributed by atoms with Crippen molar-refractivity contribution in [1.29, 1.82) is 0 Å². The van der Waals surface area contributed by atoms with Gasteiger partial charge in [-0.25, -0.2) is 4.68 Å². The van der Waals surface area contributed by atoms with Gasteiger partial charge in [0.15, 0.2) is 5.82 Å². The first-order chi connectivity index (χ1) is 12.0. The van der Waals surface area contributed by atoms with Gasteiger partial charge in [0.05, 0.1) is 26.1 Å². The summed E-state index contributed by atoms with van der Waals surface area (Å²) in [7, 11) is 3.22. The van der Waals surface area contributed by atoms with E-state index in [0.717, 1.165) is 22.7 Å². The highest BCUT2D eigenvalue weighted by molar-refractivity contribution is 5.84. The van der Waals surface area contributed by atoms with E-state index in [9.17, 15) is 0 Å². The molecule has 2 heterocycles. The second kappa shape index (κ2) is 6.76. The van der Waals surface area contributed by atoms with Crippen molar-refractivity contribution in [2.24, 2.45) is 5.10 Å². The molecule has 25 heavy (non-hydrogen) atoms. The van der Waals surface area contributed by atoms with Crippen molar-refractivity contribution < 1.29 is 9.47 Å². The molecule has 0 saturated carbocycles. The van der Waals surface area contributed by atoms with Crippen LogP contribution >= 0.6 is 0 Å². The smallest absolute Gasteiger partial charge is 0.273 e. The van der Waals surface area contributed by atoms with E-state index >= 15 is 0 Å². The maximum atomic E-state index is 5.40. The Labute approximate surface area is 145 Å². The van der Waals surface area contributed by atoms with Crippen molar-refractivity contribution in [2.45, 2.75) is 20.8 Å². The van der Waals surface area contributed by atoms with Gasteiger partial charge in [0.1, 0.15) is 11.5 Å². The summed E-state index contributed by atoms with van der Waals surface area (Å²) in [6.07, 6.45) is 1.70. The second-order valence-electron chi connectivity index (χ2n) is 5.55. The number of rotatable bonds is 5. The Kier molecular flexibility index (Phi) is 4.51. The first-order valence-electron chi connectivity index (χ1n) is 7.75. The number of hydrogen-bond acceptors (Lipinski definition) is 6. The van der Waals surface area contributed by atoms with Crippen LogP contribution in [0.1, 0.15) is 22.8 Å². The van der Waals surface area contributed by atoms with E-state index in [1.165, 1.54) is 0 Å². The van der Waals surface area contributed by atoms with E-state index in [1.807, 2.05) is 45.0 Å². The summed E-state index contributed by atoms with van der Waals surface area (Å²) in [6.45, 7) is 5.73. The highest BCUT2D eigenvalue weighted by Gasteiger charge is 2.13. The molecule has 0 unspecified atom stereocenters. The van der Waals surface area contributed by atoms with E-state index < -0.39 is 0 Å². The van der Waals surface area contributed by atoms with E-state index in [-0.39, 0.29) is 0 Å². The average Bonchev–Trinajstić information content (AvgIpc) is 3.14. The van der Waals surface area contributed by atoms with Gasteiger partial charge in [0, 0.05) is 17.3 Å². The normalized spacial score (nSPS) is 11.2. The van der Waals surface area contributed by atoms with Crippen LogP contribution in [0.4, 0.5) is 0 Å². The van der Waals surface area contributed by atoms with E-state index in [0.29, 0.717) is 17.5 Å². The third-order valence-electron chi connectivity index (χ3n) is 3.73. The Balaban J connectivity index is 2.00. The zero-order valence-electron chi connectivity index (χ0n) is 14.9. The van der Waals surface area contributed by atoms with Crippen LogP contribution in [-0.2, 0) is 0 Å². The number of hydrogen-bond donors (Lipinski definition) is 0. The highest BCUT2D eigenvalue weighted by Crippen LogP contribution is 2.23. The minimum Gasteiger partial charge on any atom is -0.497 e. The number of benzene rings is 1. The van der Waals surface area contributed by atoms with Crippen LogP contribution in [-0.4, -0.2) is 45.1 Å². The number of nitrogens with zero attached hydrogens (tertiary/aromatic N) is 6. The molecule has 0 atom stereocenters. The summed E-state index contributed by atoms with van der Waals surface area (Å²) in [6, 6.07) is 7.52. The first-order valence-corrected chi connectivity index (χ1v) is 7.75. The summed E-state index contributed by atoms with van der Waals surface area (Å²) in [5.41, 5.74) is 2.68. The molecule has 3 rings (SSSR count). The lowest BCUT2D eigenvalue weighted by molar-refractivity contribution is 0.394. The summed E-state index contributed by atoms with van der Waals surface area (Å²) >= 11 is 0. The standard InChI is InChI=1S/C17H20N6O2/c1-11-8-12(2)22(21-11)17-20-19-13(3)23(17)18-10-14-6-7-15(24-4)9-16(14)25-5/h6-10H,1-5H3. The van der Waals surface area contributed by atoms with Crippen LogP contribution in [0.15, 0.2) is 29.4 Å². The van der Waals surface area contributed by atoms with Crippen molar-refractivity contribution in [3.63, 3.8) is 0 Å². The van der Waals surface area contributed by atoms with Gasteiger partial charge in [-0.3, -0.25) is 0 Å². The van der Waals surface area contributed by atoms with Crippen molar-refractivity contribution in [3.05, 3.63) is 47.0 Å². The van der Waals surface area contributed by atoms with Gasteiger partial charge in [-0.05, 0) is 39.0 Å². The minimum absolute atomic E-state index is 0.534. The van der Waals surface area contributed by atoms with Crippen molar-refractivity contribution >= 4 is 6.21 Å². The first kappa shape index (κ1) is 16.7. The average molecular weight is 340 g/mol. The van der Waals surface area contributed by atoms with Gasteiger partial charge in [-0.1, -0.05) is 0 Å². The number of aromatic nitrogens is 5. The van der Waals surface area contributed by atoms with Crippen LogP contribution in [0, 0.1) is 20.8 Å². The van der Waals surface area contributed by atoms with Gasteiger partial charge < -0.3 is 9.47 Å². The zero-order valence-corrected chi connectivity index (χ0v) is 14.9. The molecule has 0 aliphatic carbocycles. The fraction of sp³-hybridized carbons (Fsp3) is 0.294. The molecule has 0 bridgehead atoms. The molecule has 0 radical (unpaired) electrons. The van der Waals surface area contributed by atoms with Crippen molar-refractivity contribution in [1.82, 2.24) is 24.7 Å². The third kappa shape index (κ3) is 3.23. The van der Waals surface area contributed by atoms with Gasteiger partial charge in [0.25, 0.3) is 5.95 Å². The maximum absolute atomic E-state index is 5.40. The van der Waals surface area contributed by atoms with Crippen molar-refractivity contribution in [2.75, 3.05) is 14.2 Å². The van der Waals surface area contributed by atoms with Crippen molar-refractivity contribution in [3.8, 4) is 17.4 Å². The zero-order chi connectivity index (χ0) is 18.0. The van der Waals surface area contributed by atoms with Gasteiger partial charge >= 0.3 is 0 Å². The Morgan fingerprint density at radius 2 is 1.84 bits per heavy atom. The molecule has 0 spiro atoms. The maximum Gasteiger partial charge on any atom is 0.273 e. The van der Waals surface area contributed by atoms with E-state index in [1.54, 1.807) is 29.8 Å². The molecular formula is C17H20N6O2. The topological polar surface area (TPSA) is 79.4 Å². The van der Waals surface area contributed by atoms with Gasteiger partial charge in [0.2, 0.25) is 0 Å². The monoisotopic (exact) mass is 340 g/mol. The molecule has 8 nitrogen and oxygen atoms in total. The number of ether oxygens (including phenoxy) is 2. The lowest BCUT2D eigenvalue weighted by atomic mass is 10.2. The third-order valence-corrected chi connectivity index (χ3v) is 3.73. The summed E-state index contributed by atoms with van der Waals surface area (Å²) in [4.78, 5) is 0. The minimum atomic E-state index is 0.534. The van der Waals surface area contributed by atoms with E-state index in [2.05, 4.69) is 20.4 Å². The molecule has 2 aromatic heterocycles. The second-order valence-corrected chi connectivity index (χ2v) is 5.55. The highest BCUT2D eigenvalue weighted by atomic mass is 16.5. The summed E-state index contributed by atoms with van der Waals surface area (Å²) < 4.78 is 14.0. The molecule has 130 valence electrons. The Hall–Kier alpha value is -3.16. The molecule has 1 aromatic carbocycles. The molecule has 0 fully saturated rings. The Morgan fingerprint density at radius 1 is 1.04 bits per heavy atom. The fourth-order valence-corrected chi connectivity index (χ4v) is 2.49. The number of aryl methyl sites for hydroxylation is 3. The van der Waals surface area contributed by atoms with Crippen LogP contribution in [0.2, 0.25) is 0 Å².